The van der Waals surface area contributed by atoms with Crippen LogP contribution in [0.4, 0.5) is 5.69 Å². The summed E-state index contributed by atoms with van der Waals surface area (Å²) in [5, 5.41) is 6.66. The Morgan fingerprint density at radius 1 is 0.960 bits per heavy atom. The number of nitrogens with one attached hydrogen (secondary N) is 2. The summed E-state index contributed by atoms with van der Waals surface area (Å²) in [6.45, 7) is 0.0722. The van der Waals surface area contributed by atoms with Crippen LogP contribution in [0.15, 0.2) is 54.6 Å². The third kappa shape index (κ3) is 5.92. The van der Waals surface area contributed by atoms with E-state index >= 15 is 0 Å². The highest BCUT2D eigenvalue weighted by atomic mass is 127. The molecule has 0 atom stereocenters. The molecule has 25 heavy (non-hydrogen) atoms. The van der Waals surface area contributed by atoms with Gasteiger partial charge >= 0.3 is 0 Å². The average molecular weight is 450 g/mol. The molecule has 132 valence electrons. The molecule has 2 aromatic carbocycles. The van der Waals surface area contributed by atoms with E-state index in [9.17, 15) is 4.79 Å². The normalized spacial score (nSPS) is 19.9. The van der Waals surface area contributed by atoms with Crippen molar-refractivity contribution in [2.24, 2.45) is 0 Å². The number of para-hydroxylation sites is 1. The first kappa shape index (κ1) is 18.0. The predicted octanol–water partition coefficient (Wildman–Crippen LogP) is 4.21. The van der Waals surface area contributed by atoms with E-state index in [-0.39, 0.29) is 18.6 Å². The molecule has 3 rings (SSSR count). The van der Waals surface area contributed by atoms with E-state index in [1.165, 1.54) is 5.69 Å². The summed E-state index contributed by atoms with van der Waals surface area (Å²) in [5.74, 6) is 0.685. The van der Waals surface area contributed by atoms with Crippen LogP contribution < -0.4 is 15.4 Å². The maximum absolute atomic E-state index is 12.1. The smallest absolute Gasteiger partial charge is 0.258 e. The lowest BCUT2D eigenvalue weighted by molar-refractivity contribution is -0.124. The standard InChI is InChI=1S/C20H23IN2O2/c21-15-6-12-19(13-7-15)25-14-20(24)23-18-10-8-17(9-11-18)22-16-4-2-1-3-5-16/h1-7,12-13,17-18,22H,8-11,14H2,(H,23,24). The molecule has 1 saturated carbocycles. The van der Waals surface area contributed by atoms with Crippen LogP contribution in [0, 0.1) is 3.57 Å². The number of benzene rings is 2. The van der Waals surface area contributed by atoms with Crippen LogP contribution in [0.3, 0.4) is 0 Å². The Morgan fingerprint density at radius 3 is 2.28 bits per heavy atom. The molecule has 0 saturated heterocycles. The van der Waals surface area contributed by atoms with E-state index in [1.807, 2.05) is 42.5 Å². The van der Waals surface area contributed by atoms with Crippen LogP contribution in [0.25, 0.3) is 0 Å². The van der Waals surface area contributed by atoms with Gasteiger partial charge < -0.3 is 15.4 Å². The monoisotopic (exact) mass is 450 g/mol. The molecule has 1 amide bonds. The lowest BCUT2D eigenvalue weighted by Gasteiger charge is -2.30. The topological polar surface area (TPSA) is 50.4 Å². The van der Waals surface area contributed by atoms with E-state index in [4.69, 9.17) is 4.74 Å². The van der Waals surface area contributed by atoms with Gasteiger partial charge in [0.05, 0.1) is 0 Å². The van der Waals surface area contributed by atoms with E-state index in [0.717, 1.165) is 35.0 Å². The van der Waals surface area contributed by atoms with Crippen LogP contribution >= 0.6 is 22.6 Å². The Kier molecular flexibility index (Phi) is 6.55. The zero-order valence-corrected chi connectivity index (χ0v) is 16.2. The Hall–Kier alpha value is -1.76. The second-order valence-corrected chi connectivity index (χ2v) is 7.61. The minimum atomic E-state index is -0.0435. The molecule has 5 heteroatoms. The van der Waals surface area contributed by atoms with Crippen molar-refractivity contribution < 1.29 is 9.53 Å². The van der Waals surface area contributed by atoms with E-state index in [0.29, 0.717) is 6.04 Å². The molecule has 2 N–H and O–H groups in total. The zero-order valence-electron chi connectivity index (χ0n) is 14.1. The molecule has 2 aromatic rings. The average Bonchev–Trinajstić information content (AvgIpc) is 2.64. The molecule has 0 bridgehead atoms. The maximum atomic E-state index is 12.1. The van der Waals surface area contributed by atoms with Crippen LogP contribution in [0.5, 0.6) is 5.75 Å². The summed E-state index contributed by atoms with van der Waals surface area (Å²) < 4.78 is 6.69. The summed E-state index contributed by atoms with van der Waals surface area (Å²) in [4.78, 5) is 12.1. The van der Waals surface area contributed by atoms with Gasteiger partial charge in [0.15, 0.2) is 6.61 Å². The molecule has 0 radical (unpaired) electrons. The van der Waals surface area contributed by atoms with Crippen LogP contribution in [-0.2, 0) is 4.79 Å². The van der Waals surface area contributed by atoms with Crippen LogP contribution in [0.1, 0.15) is 25.7 Å². The quantitative estimate of drug-likeness (QED) is 0.649. The molecule has 1 aliphatic rings. The molecule has 0 aliphatic heterocycles. The third-order valence-electron chi connectivity index (χ3n) is 4.42. The Balaban J connectivity index is 1.36. The van der Waals surface area contributed by atoms with Crippen molar-refractivity contribution in [1.82, 2.24) is 5.32 Å². The molecule has 1 aliphatic carbocycles. The van der Waals surface area contributed by atoms with Gasteiger partial charge in [0.1, 0.15) is 5.75 Å². The minimum absolute atomic E-state index is 0.0435. The minimum Gasteiger partial charge on any atom is -0.484 e. The number of hydrogen-bond donors (Lipinski definition) is 2. The first-order chi connectivity index (χ1) is 12.2. The van der Waals surface area contributed by atoms with Gasteiger partial charge in [0.25, 0.3) is 5.91 Å². The summed E-state index contributed by atoms with van der Waals surface area (Å²) in [7, 11) is 0. The summed E-state index contributed by atoms with van der Waals surface area (Å²) in [6, 6.07) is 18.7. The lowest BCUT2D eigenvalue weighted by Crippen LogP contribution is -2.42. The summed E-state index contributed by atoms with van der Waals surface area (Å²) in [5.41, 5.74) is 1.17. The molecule has 0 spiro atoms. The van der Waals surface area contributed by atoms with E-state index in [1.54, 1.807) is 0 Å². The number of halogens is 1. The predicted molar refractivity (Wildman–Crippen MR) is 109 cm³/mol. The van der Waals surface area contributed by atoms with Crippen molar-refractivity contribution in [3.63, 3.8) is 0 Å². The molecule has 1 fully saturated rings. The second kappa shape index (κ2) is 9.08. The van der Waals surface area contributed by atoms with Gasteiger partial charge in [-0.3, -0.25) is 4.79 Å². The fourth-order valence-corrected chi connectivity index (χ4v) is 3.46. The Labute approximate surface area is 162 Å². The lowest BCUT2D eigenvalue weighted by atomic mass is 9.91. The number of rotatable bonds is 6. The van der Waals surface area contributed by atoms with Crippen LogP contribution in [-0.4, -0.2) is 24.6 Å². The number of anilines is 1. The molecule has 0 unspecified atom stereocenters. The summed E-state index contributed by atoms with van der Waals surface area (Å²) >= 11 is 2.24. The molecule has 4 nitrogen and oxygen atoms in total. The van der Waals surface area contributed by atoms with Crippen molar-refractivity contribution in [1.29, 1.82) is 0 Å². The molecular formula is C20H23IN2O2. The first-order valence-electron chi connectivity index (χ1n) is 8.68. The SMILES string of the molecule is O=C(COc1ccc(I)cc1)NC1CCC(Nc2ccccc2)CC1. The van der Waals surface area contributed by atoms with Crippen molar-refractivity contribution in [2.45, 2.75) is 37.8 Å². The fraction of sp³-hybridized carbons (Fsp3) is 0.350. The molecule has 0 heterocycles. The Morgan fingerprint density at radius 2 is 1.60 bits per heavy atom. The van der Waals surface area contributed by atoms with Gasteiger partial charge in [-0.1, -0.05) is 18.2 Å². The van der Waals surface area contributed by atoms with Crippen molar-refractivity contribution in [3.8, 4) is 5.75 Å². The van der Waals surface area contributed by atoms with Crippen LogP contribution in [0.2, 0.25) is 0 Å². The van der Waals surface area contributed by atoms with E-state index < -0.39 is 0 Å². The van der Waals surface area contributed by atoms with Gasteiger partial charge in [-0.2, -0.15) is 0 Å². The fourth-order valence-electron chi connectivity index (χ4n) is 3.10. The zero-order chi connectivity index (χ0) is 17.5. The van der Waals surface area contributed by atoms with Crippen molar-refractivity contribution >= 4 is 34.2 Å². The largest absolute Gasteiger partial charge is 0.484 e. The van der Waals surface area contributed by atoms with Gasteiger partial charge in [-0.15, -0.1) is 0 Å². The van der Waals surface area contributed by atoms with Gasteiger partial charge in [-0.05, 0) is 84.7 Å². The van der Waals surface area contributed by atoms with E-state index in [2.05, 4.69) is 45.4 Å². The number of hydrogen-bond acceptors (Lipinski definition) is 3. The maximum Gasteiger partial charge on any atom is 0.258 e. The van der Waals surface area contributed by atoms with Gasteiger partial charge in [0, 0.05) is 21.3 Å². The highest BCUT2D eigenvalue weighted by Crippen LogP contribution is 2.22. The van der Waals surface area contributed by atoms with Gasteiger partial charge in [-0.25, -0.2) is 0 Å². The second-order valence-electron chi connectivity index (χ2n) is 6.37. The number of amides is 1. The number of ether oxygens (including phenoxy) is 1. The first-order valence-corrected chi connectivity index (χ1v) is 9.76. The van der Waals surface area contributed by atoms with Gasteiger partial charge in [0.2, 0.25) is 0 Å². The molecule has 0 aromatic heterocycles. The highest BCUT2D eigenvalue weighted by molar-refractivity contribution is 14.1. The number of carbonyl (C=O) groups is 1. The molecular weight excluding hydrogens is 427 g/mol. The third-order valence-corrected chi connectivity index (χ3v) is 5.14. The van der Waals surface area contributed by atoms with Crippen molar-refractivity contribution in [3.05, 3.63) is 58.2 Å². The summed E-state index contributed by atoms with van der Waals surface area (Å²) in [6.07, 6.45) is 4.13. The van der Waals surface area contributed by atoms with Crippen molar-refractivity contribution in [2.75, 3.05) is 11.9 Å². The highest BCUT2D eigenvalue weighted by Gasteiger charge is 2.22. The Bertz CT molecular complexity index is 668. The number of carbonyl (C=O) groups excluding carboxylic acids is 1.